The number of pyridine rings is 1. The molecule has 4 heterocycles. The Kier molecular flexibility index (Phi) is 7.55. The number of hydrogen-bond donors (Lipinski definition) is 0. The van der Waals surface area contributed by atoms with Gasteiger partial charge in [-0.2, -0.15) is 0 Å². The predicted molar refractivity (Wildman–Crippen MR) is 133 cm³/mol. The quantitative estimate of drug-likeness (QED) is 0.494. The summed E-state index contributed by atoms with van der Waals surface area (Å²) in [4.78, 5) is 25.4. The van der Waals surface area contributed by atoms with Crippen molar-refractivity contribution in [3.8, 4) is 17.0 Å². The first-order valence-corrected chi connectivity index (χ1v) is 12.2. The van der Waals surface area contributed by atoms with Gasteiger partial charge >= 0.3 is 0 Å². The Morgan fingerprint density at radius 1 is 1.11 bits per heavy atom. The van der Waals surface area contributed by atoms with Crippen LogP contribution in [0.2, 0.25) is 0 Å². The van der Waals surface area contributed by atoms with Crippen molar-refractivity contribution in [1.82, 2.24) is 19.4 Å². The fraction of sp³-hybridized carbons (Fsp3) is 0.423. The van der Waals surface area contributed by atoms with Crippen LogP contribution in [-0.4, -0.2) is 78.6 Å². The second kappa shape index (κ2) is 11.2. The normalized spacial score (nSPS) is 18.8. The molecule has 0 bridgehead atoms. The van der Waals surface area contributed by atoms with Crippen molar-refractivity contribution in [3.05, 3.63) is 70.5 Å². The molecule has 2 aliphatic heterocycles. The molecule has 2 aromatic heterocycles. The molecule has 0 N–H and O–H groups in total. The van der Waals surface area contributed by atoms with Crippen molar-refractivity contribution in [3.63, 3.8) is 0 Å². The molecule has 36 heavy (non-hydrogen) atoms. The van der Waals surface area contributed by atoms with E-state index in [0.717, 1.165) is 50.4 Å². The van der Waals surface area contributed by atoms with Gasteiger partial charge in [-0.3, -0.25) is 19.2 Å². The molecule has 1 aromatic carbocycles. The van der Waals surface area contributed by atoms with Gasteiger partial charge in [-0.05, 0) is 23.8 Å². The molecule has 1 atom stereocenters. The standard InChI is InChI=1S/C26H30FN5O4/c1-30-25(33)16-23(21-6-7-28-17-22(21)27)29-26(30)32-11-15-36-24(18-32)19-2-4-20(5-3-19)35-14-10-31-8-12-34-13-9-31/h2-7,16-17,24H,8-15,18H2,1H3. The SMILES string of the molecule is Cn1c(N2CCOC(c3ccc(OCCN4CCOCC4)cc3)C2)nc(-c2ccncc2F)cc1=O. The summed E-state index contributed by atoms with van der Waals surface area (Å²) in [5, 5.41) is 0. The maximum absolute atomic E-state index is 14.3. The van der Waals surface area contributed by atoms with Gasteiger partial charge in [0.1, 0.15) is 18.5 Å². The summed E-state index contributed by atoms with van der Waals surface area (Å²) in [5.41, 5.74) is 1.29. The summed E-state index contributed by atoms with van der Waals surface area (Å²) in [6.07, 6.45) is 2.41. The predicted octanol–water partition coefficient (Wildman–Crippen LogP) is 2.27. The number of benzene rings is 1. The van der Waals surface area contributed by atoms with Crippen molar-refractivity contribution in [1.29, 1.82) is 0 Å². The van der Waals surface area contributed by atoms with Gasteiger partial charge in [0.15, 0.2) is 5.82 Å². The van der Waals surface area contributed by atoms with Crippen molar-refractivity contribution < 1.29 is 18.6 Å². The molecule has 1 unspecified atom stereocenters. The highest BCUT2D eigenvalue weighted by molar-refractivity contribution is 5.60. The third kappa shape index (κ3) is 5.56. The molecule has 10 heteroatoms. The van der Waals surface area contributed by atoms with Crippen LogP contribution in [0.1, 0.15) is 11.7 Å². The van der Waals surface area contributed by atoms with E-state index in [0.29, 0.717) is 32.3 Å². The molecule has 0 amide bonds. The Bertz CT molecular complexity index is 1230. The van der Waals surface area contributed by atoms with Crippen LogP contribution < -0.4 is 15.2 Å². The van der Waals surface area contributed by atoms with Crippen molar-refractivity contribution >= 4 is 5.95 Å². The molecule has 0 aliphatic carbocycles. The summed E-state index contributed by atoms with van der Waals surface area (Å²) in [6.45, 7) is 6.51. The van der Waals surface area contributed by atoms with Crippen LogP contribution in [0.3, 0.4) is 0 Å². The number of aromatic nitrogens is 3. The van der Waals surface area contributed by atoms with E-state index in [9.17, 15) is 9.18 Å². The highest BCUT2D eigenvalue weighted by atomic mass is 19.1. The zero-order valence-corrected chi connectivity index (χ0v) is 20.3. The fourth-order valence-corrected chi connectivity index (χ4v) is 4.46. The van der Waals surface area contributed by atoms with E-state index in [1.54, 1.807) is 7.05 Å². The van der Waals surface area contributed by atoms with Crippen LogP contribution in [0.5, 0.6) is 5.75 Å². The lowest BCUT2D eigenvalue weighted by molar-refractivity contribution is 0.0322. The van der Waals surface area contributed by atoms with Gasteiger partial charge in [-0.15, -0.1) is 0 Å². The molecule has 0 saturated carbocycles. The summed E-state index contributed by atoms with van der Waals surface area (Å²) in [7, 11) is 1.67. The summed E-state index contributed by atoms with van der Waals surface area (Å²) >= 11 is 0. The van der Waals surface area contributed by atoms with Crippen LogP contribution in [0, 0.1) is 5.82 Å². The van der Waals surface area contributed by atoms with E-state index in [1.165, 1.54) is 22.9 Å². The highest BCUT2D eigenvalue weighted by Crippen LogP contribution is 2.28. The number of rotatable bonds is 7. The minimum absolute atomic E-state index is 0.195. The largest absolute Gasteiger partial charge is 0.492 e. The second-order valence-corrected chi connectivity index (χ2v) is 8.87. The molecule has 5 rings (SSSR count). The summed E-state index contributed by atoms with van der Waals surface area (Å²) in [5.74, 6) is 0.775. The average molecular weight is 496 g/mol. The maximum Gasteiger partial charge on any atom is 0.255 e. The summed E-state index contributed by atoms with van der Waals surface area (Å²) < 4.78 is 33.1. The molecular weight excluding hydrogens is 465 g/mol. The third-order valence-electron chi connectivity index (χ3n) is 6.54. The van der Waals surface area contributed by atoms with Crippen LogP contribution in [0.25, 0.3) is 11.3 Å². The van der Waals surface area contributed by atoms with Gasteiger partial charge in [-0.25, -0.2) is 9.37 Å². The molecule has 2 fully saturated rings. The van der Waals surface area contributed by atoms with Crippen molar-refractivity contribution in [2.75, 3.05) is 64.1 Å². The smallest absolute Gasteiger partial charge is 0.255 e. The molecule has 190 valence electrons. The Morgan fingerprint density at radius 2 is 1.92 bits per heavy atom. The highest BCUT2D eigenvalue weighted by Gasteiger charge is 2.25. The minimum Gasteiger partial charge on any atom is -0.492 e. The van der Waals surface area contributed by atoms with Gasteiger partial charge in [0.2, 0.25) is 5.95 Å². The summed E-state index contributed by atoms with van der Waals surface area (Å²) in [6, 6.07) is 10.8. The number of ether oxygens (including phenoxy) is 3. The monoisotopic (exact) mass is 495 g/mol. The van der Waals surface area contributed by atoms with E-state index in [-0.39, 0.29) is 22.9 Å². The zero-order chi connectivity index (χ0) is 24.9. The zero-order valence-electron chi connectivity index (χ0n) is 20.3. The van der Waals surface area contributed by atoms with Gasteiger partial charge in [0.05, 0.1) is 38.3 Å². The first-order valence-electron chi connectivity index (χ1n) is 12.2. The van der Waals surface area contributed by atoms with E-state index in [1.807, 2.05) is 29.2 Å². The van der Waals surface area contributed by atoms with Crippen LogP contribution in [0.4, 0.5) is 10.3 Å². The Morgan fingerprint density at radius 3 is 2.69 bits per heavy atom. The number of nitrogens with zero attached hydrogens (tertiary/aromatic N) is 5. The first-order chi connectivity index (χ1) is 17.6. The van der Waals surface area contributed by atoms with E-state index >= 15 is 0 Å². The Balaban J connectivity index is 1.26. The maximum atomic E-state index is 14.3. The minimum atomic E-state index is -0.517. The Labute approximate surface area is 209 Å². The van der Waals surface area contributed by atoms with Crippen LogP contribution in [0.15, 0.2) is 53.6 Å². The molecule has 2 saturated heterocycles. The molecule has 2 aliphatic rings. The molecule has 9 nitrogen and oxygen atoms in total. The van der Waals surface area contributed by atoms with E-state index in [4.69, 9.17) is 14.2 Å². The number of hydrogen-bond acceptors (Lipinski definition) is 8. The topological polar surface area (TPSA) is 81.9 Å². The van der Waals surface area contributed by atoms with Crippen molar-refractivity contribution in [2.24, 2.45) is 7.05 Å². The Hall–Kier alpha value is -3.34. The number of morpholine rings is 2. The molecular formula is C26H30FN5O4. The van der Waals surface area contributed by atoms with Gasteiger partial charge in [-0.1, -0.05) is 12.1 Å². The lowest BCUT2D eigenvalue weighted by Crippen LogP contribution is -2.41. The second-order valence-electron chi connectivity index (χ2n) is 8.87. The fourth-order valence-electron chi connectivity index (χ4n) is 4.46. The van der Waals surface area contributed by atoms with Gasteiger partial charge in [0, 0.05) is 51.1 Å². The molecule has 3 aromatic rings. The third-order valence-corrected chi connectivity index (χ3v) is 6.54. The van der Waals surface area contributed by atoms with Crippen LogP contribution >= 0.6 is 0 Å². The van der Waals surface area contributed by atoms with Gasteiger partial charge < -0.3 is 19.1 Å². The van der Waals surface area contributed by atoms with Gasteiger partial charge in [0.25, 0.3) is 5.56 Å². The van der Waals surface area contributed by atoms with E-state index in [2.05, 4.69) is 14.9 Å². The first kappa shape index (κ1) is 24.4. The number of halogens is 1. The van der Waals surface area contributed by atoms with Crippen molar-refractivity contribution in [2.45, 2.75) is 6.10 Å². The molecule has 0 spiro atoms. The number of anilines is 1. The lowest BCUT2D eigenvalue weighted by atomic mass is 10.1. The van der Waals surface area contributed by atoms with E-state index < -0.39 is 5.82 Å². The lowest BCUT2D eigenvalue weighted by Gasteiger charge is -2.34. The molecule has 0 radical (unpaired) electrons. The van der Waals surface area contributed by atoms with Crippen LogP contribution in [-0.2, 0) is 16.5 Å². The average Bonchev–Trinajstić information content (AvgIpc) is 2.91.